The predicted molar refractivity (Wildman–Crippen MR) is 94.5 cm³/mol. The topological polar surface area (TPSA) is 72.7 Å². The summed E-state index contributed by atoms with van der Waals surface area (Å²) in [6.07, 6.45) is -4.42. The van der Waals surface area contributed by atoms with E-state index in [4.69, 9.17) is 0 Å². The van der Waals surface area contributed by atoms with Crippen LogP contribution in [0.2, 0.25) is 0 Å². The van der Waals surface area contributed by atoms with E-state index in [1.165, 1.54) is 23.7 Å². The van der Waals surface area contributed by atoms with Gasteiger partial charge in [0, 0.05) is 18.4 Å². The van der Waals surface area contributed by atoms with Crippen molar-refractivity contribution in [2.75, 3.05) is 5.32 Å². The lowest BCUT2D eigenvalue weighted by Crippen LogP contribution is -2.08. The molecule has 0 aliphatic heterocycles. The third-order valence-electron chi connectivity index (χ3n) is 3.53. The fourth-order valence-electron chi connectivity index (χ4n) is 2.41. The van der Waals surface area contributed by atoms with Crippen LogP contribution in [-0.2, 0) is 16.7 Å². The van der Waals surface area contributed by atoms with Crippen LogP contribution >= 0.6 is 11.8 Å². The molecule has 0 atom stereocenters. The quantitative estimate of drug-likeness (QED) is 0.665. The van der Waals surface area contributed by atoms with E-state index in [-0.39, 0.29) is 17.2 Å². The van der Waals surface area contributed by atoms with E-state index in [0.717, 1.165) is 17.8 Å². The molecule has 1 heterocycles. The molecule has 0 aliphatic rings. The number of nitrogens with zero attached hydrogens (tertiary/aromatic N) is 4. The van der Waals surface area contributed by atoms with Gasteiger partial charge >= 0.3 is 6.18 Å². The molecule has 6 nitrogen and oxygen atoms in total. The van der Waals surface area contributed by atoms with Crippen LogP contribution in [0.1, 0.15) is 18.1 Å². The molecule has 0 aliphatic carbocycles. The number of carbonyl (C=O) groups excluding carboxylic acids is 1. The summed E-state index contributed by atoms with van der Waals surface area (Å²) < 4.78 is 40.8. The van der Waals surface area contributed by atoms with E-state index >= 15 is 0 Å². The summed E-state index contributed by atoms with van der Waals surface area (Å²) in [5.41, 5.74) is 0.618. The van der Waals surface area contributed by atoms with Gasteiger partial charge in [0.15, 0.2) is 0 Å². The molecule has 140 valence electrons. The molecule has 0 fully saturated rings. The maximum Gasteiger partial charge on any atom is 0.416 e. The van der Waals surface area contributed by atoms with Crippen molar-refractivity contribution >= 4 is 23.4 Å². The van der Waals surface area contributed by atoms with E-state index in [9.17, 15) is 18.0 Å². The zero-order chi connectivity index (χ0) is 19.4. The van der Waals surface area contributed by atoms with Crippen LogP contribution in [0, 0.1) is 0 Å². The number of hydrogen-bond acceptors (Lipinski definition) is 5. The third kappa shape index (κ3) is 4.64. The van der Waals surface area contributed by atoms with Crippen molar-refractivity contribution in [2.45, 2.75) is 24.0 Å². The SMILES string of the molecule is CC(=O)Nc1cccc(-n2nnnc2SCc2ccccc2C(F)(F)F)c1. The number of benzene rings is 2. The van der Waals surface area contributed by atoms with Gasteiger partial charge in [0.25, 0.3) is 0 Å². The molecule has 3 aromatic rings. The molecule has 1 amide bonds. The molecule has 0 unspecified atom stereocenters. The number of tetrazole rings is 1. The number of amides is 1. The molecule has 3 rings (SSSR count). The predicted octanol–water partition coefficient (Wildman–Crippen LogP) is 3.93. The Morgan fingerprint density at radius 3 is 2.70 bits per heavy atom. The van der Waals surface area contributed by atoms with Gasteiger partial charge in [-0.3, -0.25) is 4.79 Å². The highest BCUT2D eigenvalue weighted by Crippen LogP contribution is 2.34. The average Bonchev–Trinajstić information content (AvgIpc) is 3.07. The van der Waals surface area contributed by atoms with Gasteiger partial charge in [-0.1, -0.05) is 36.0 Å². The first kappa shape index (κ1) is 18.9. The fourth-order valence-corrected chi connectivity index (χ4v) is 3.31. The molecule has 0 bridgehead atoms. The highest BCUT2D eigenvalue weighted by molar-refractivity contribution is 7.98. The highest BCUT2D eigenvalue weighted by atomic mass is 32.2. The Kier molecular flexibility index (Phi) is 5.45. The molecular formula is C17H14F3N5OS. The molecule has 0 radical (unpaired) electrons. The minimum Gasteiger partial charge on any atom is -0.326 e. The number of carbonyl (C=O) groups is 1. The van der Waals surface area contributed by atoms with E-state index in [1.54, 1.807) is 30.3 Å². The molecule has 10 heteroatoms. The summed E-state index contributed by atoms with van der Waals surface area (Å²) in [5, 5.41) is 14.4. The number of halogens is 3. The highest BCUT2D eigenvalue weighted by Gasteiger charge is 2.32. The fraction of sp³-hybridized carbons (Fsp3) is 0.176. The average molecular weight is 393 g/mol. The Labute approximate surface area is 156 Å². The molecular weight excluding hydrogens is 379 g/mol. The maximum atomic E-state index is 13.1. The number of aromatic nitrogens is 4. The lowest BCUT2D eigenvalue weighted by atomic mass is 10.1. The van der Waals surface area contributed by atoms with Crippen molar-refractivity contribution in [3.05, 3.63) is 59.7 Å². The van der Waals surface area contributed by atoms with Crippen LogP contribution in [0.25, 0.3) is 5.69 Å². The van der Waals surface area contributed by atoms with Crippen LogP contribution in [0.3, 0.4) is 0 Å². The van der Waals surface area contributed by atoms with Gasteiger partial charge < -0.3 is 5.32 Å². The molecule has 2 aromatic carbocycles. The summed E-state index contributed by atoms with van der Waals surface area (Å²) in [7, 11) is 0. The van der Waals surface area contributed by atoms with Crippen LogP contribution < -0.4 is 5.32 Å². The standard InChI is InChI=1S/C17H14F3N5OS/c1-11(26)21-13-6-4-7-14(9-13)25-16(22-23-24-25)27-10-12-5-2-3-8-15(12)17(18,19)20/h2-9H,10H2,1H3,(H,21,26). The maximum absolute atomic E-state index is 13.1. The first-order valence-corrected chi connectivity index (χ1v) is 8.77. The van der Waals surface area contributed by atoms with Gasteiger partial charge in [-0.15, -0.1) is 5.10 Å². The van der Waals surface area contributed by atoms with Crippen molar-refractivity contribution in [3.63, 3.8) is 0 Å². The summed E-state index contributed by atoms with van der Waals surface area (Å²) in [6.45, 7) is 1.39. The smallest absolute Gasteiger partial charge is 0.326 e. The van der Waals surface area contributed by atoms with Crippen molar-refractivity contribution in [1.29, 1.82) is 0 Å². The van der Waals surface area contributed by atoms with Crippen molar-refractivity contribution in [2.24, 2.45) is 0 Å². The van der Waals surface area contributed by atoms with E-state index in [2.05, 4.69) is 20.8 Å². The third-order valence-corrected chi connectivity index (χ3v) is 4.50. The molecule has 1 aromatic heterocycles. The zero-order valence-corrected chi connectivity index (χ0v) is 14.9. The van der Waals surface area contributed by atoms with Crippen LogP contribution in [0.5, 0.6) is 0 Å². The summed E-state index contributed by atoms with van der Waals surface area (Å²) in [5.74, 6) is -0.163. The Bertz CT molecular complexity index is 957. The first-order chi connectivity index (χ1) is 12.8. The minimum atomic E-state index is -4.42. The molecule has 0 spiro atoms. The monoisotopic (exact) mass is 393 g/mol. The van der Waals surface area contributed by atoms with E-state index < -0.39 is 11.7 Å². The number of thioether (sulfide) groups is 1. The molecule has 0 saturated heterocycles. The Balaban J connectivity index is 1.82. The van der Waals surface area contributed by atoms with Gasteiger partial charge in [0.05, 0.1) is 11.3 Å². The summed E-state index contributed by atoms with van der Waals surface area (Å²) >= 11 is 1.09. The largest absolute Gasteiger partial charge is 0.416 e. The van der Waals surface area contributed by atoms with Gasteiger partial charge in [-0.2, -0.15) is 17.9 Å². The Morgan fingerprint density at radius 1 is 1.19 bits per heavy atom. The number of hydrogen-bond donors (Lipinski definition) is 1. The normalized spacial score (nSPS) is 11.4. The summed E-state index contributed by atoms with van der Waals surface area (Å²) in [6, 6.07) is 12.2. The van der Waals surface area contributed by atoms with E-state index in [0.29, 0.717) is 16.5 Å². The van der Waals surface area contributed by atoms with Crippen LogP contribution in [0.4, 0.5) is 18.9 Å². The second kappa shape index (κ2) is 7.78. The van der Waals surface area contributed by atoms with E-state index in [1.807, 2.05) is 0 Å². The van der Waals surface area contributed by atoms with Gasteiger partial charge in [0.1, 0.15) is 0 Å². The second-order valence-electron chi connectivity index (χ2n) is 5.55. The number of anilines is 1. The van der Waals surface area contributed by atoms with Crippen LogP contribution in [0.15, 0.2) is 53.7 Å². The first-order valence-electron chi connectivity index (χ1n) is 7.79. The lowest BCUT2D eigenvalue weighted by Gasteiger charge is -2.12. The number of rotatable bonds is 5. The van der Waals surface area contributed by atoms with Gasteiger partial charge in [-0.25, -0.2) is 0 Å². The molecule has 27 heavy (non-hydrogen) atoms. The Hall–Kier alpha value is -2.88. The zero-order valence-electron chi connectivity index (χ0n) is 14.1. The van der Waals surface area contributed by atoms with Crippen molar-refractivity contribution in [3.8, 4) is 5.69 Å². The summed E-state index contributed by atoms with van der Waals surface area (Å²) in [4.78, 5) is 11.2. The van der Waals surface area contributed by atoms with Gasteiger partial charge in [-0.05, 0) is 40.3 Å². The minimum absolute atomic E-state index is 0.0570. The van der Waals surface area contributed by atoms with Crippen molar-refractivity contribution < 1.29 is 18.0 Å². The van der Waals surface area contributed by atoms with Gasteiger partial charge in [0.2, 0.25) is 11.1 Å². The second-order valence-corrected chi connectivity index (χ2v) is 6.49. The number of alkyl halides is 3. The molecule has 0 saturated carbocycles. The molecule has 1 N–H and O–H groups in total. The number of nitrogens with one attached hydrogen (secondary N) is 1. The Morgan fingerprint density at radius 2 is 1.96 bits per heavy atom. The lowest BCUT2D eigenvalue weighted by molar-refractivity contribution is -0.138. The van der Waals surface area contributed by atoms with Crippen molar-refractivity contribution in [1.82, 2.24) is 20.2 Å². The van der Waals surface area contributed by atoms with Crippen LogP contribution in [-0.4, -0.2) is 26.1 Å².